The minimum atomic E-state index is -4.10. The number of benzene rings is 6. The summed E-state index contributed by atoms with van der Waals surface area (Å²) in [6, 6.07) is 56.9. The molecule has 0 heterocycles. The Morgan fingerprint density at radius 1 is 0.362 bits per heavy atom. The maximum atomic E-state index is 7.65. The molecule has 0 fully saturated rings. The lowest BCUT2D eigenvalue weighted by Gasteiger charge is -2.43. The van der Waals surface area contributed by atoms with Crippen molar-refractivity contribution in [1.82, 2.24) is 0 Å². The van der Waals surface area contributed by atoms with E-state index in [1.165, 1.54) is 0 Å². The standard InChI is InChI=1S/C38H38N2O4Si3/c1-41-47(42-2,43-45(33-19-7-3-8-20-33,34-21-9-4-10-22-34)37-27-15-17-31(39)29-37)44-46(35-23-11-5-12-24-35,36-25-13-6-14-26-36)38-28-16-18-32(40)30-38/h3-30H,39-40H2,1-2H3. The molecule has 0 amide bonds. The number of nitrogen functional groups attached to an aromatic ring is 2. The van der Waals surface area contributed by atoms with Gasteiger partial charge in [0.05, 0.1) is 0 Å². The fraction of sp³-hybridized carbons (Fsp3) is 0.0526. The third-order valence-electron chi connectivity index (χ3n) is 8.36. The topological polar surface area (TPSA) is 89.0 Å². The van der Waals surface area contributed by atoms with Gasteiger partial charge >= 0.3 is 9.05 Å². The zero-order valence-electron chi connectivity index (χ0n) is 26.5. The second-order valence-electron chi connectivity index (χ2n) is 11.2. The Labute approximate surface area is 279 Å². The monoisotopic (exact) mass is 670 g/mol. The lowest BCUT2D eigenvalue weighted by molar-refractivity contribution is 0.0813. The predicted octanol–water partition coefficient (Wildman–Crippen LogP) is 3.25. The summed E-state index contributed by atoms with van der Waals surface area (Å²) in [6.45, 7) is 0. The quantitative estimate of drug-likeness (QED) is 0.118. The average molecular weight is 671 g/mol. The molecule has 0 unspecified atom stereocenters. The number of hydrogen-bond donors (Lipinski definition) is 2. The molecule has 6 nitrogen and oxygen atoms in total. The summed E-state index contributed by atoms with van der Waals surface area (Å²) >= 11 is 0. The summed E-state index contributed by atoms with van der Waals surface area (Å²) in [5.41, 5.74) is 14.2. The molecule has 4 N–H and O–H groups in total. The summed E-state index contributed by atoms with van der Waals surface area (Å²) < 4.78 is 28.2. The lowest BCUT2D eigenvalue weighted by Crippen LogP contribution is -2.79. The minimum absolute atomic E-state index is 0.634. The van der Waals surface area contributed by atoms with Crippen molar-refractivity contribution in [2.45, 2.75) is 0 Å². The van der Waals surface area contributed by atoms with E-state index in [0.717, 1.165) is 31.1 Å². The van der Waals surface area contributed by atoms with Crippen LogP contribution in [0.25, 0.3) is 0 Å². The fourth-order valence-corrected chi connectivity index (χ4v) is 20.1. The Morgan fingerprint density at radius 3 is 0.894 bits per heavy atom. The van der Waals surface area contributed by atoms with Crippen LogP contribution in [0.2, 0.25) is 0 Å². The van der Waals surface area contributed by atoms with Crippen molar-refractivity contribution >= 4 is 68.2 Å². The van der Waals surface area contributed by atoms with Gasteiger partial charge < -0.3 is 28.5 Å². The van der Waals surface area contributed by atoms with Crippen LogP contribution in [0.15, 0.2) is 170 Å². The van der Waals surface area contributed by atoms with Crippen LogP contribution in [0.3, 0.4) is 0 Å². The zero-order valence-corrected chi connectivity index (χ0v) is 29.5. The summed E-state index contributed by atoms with van der Waals surface area (Å²) in [6.07, 6.45) is 0. The Kier molecular flexibility index (Phi) is 9.66. The second kappa shape index (κ2) is 14.0. The molecule has 6 aromatic carbocycles. The van der Waals surface area contributed by atoms with Gasteiger partial charge in [-0.25, -0.2) is 0 Å². The molecular formula is C38H38N2O4Si3. The van der Waals surface area contributed by atoms with Gasteiger partial charge in [0.2, 0.25) is 0 Å². The van der Waals surface area contributed by atoms with Crippen molar-refractivity contribution in [3.8, 4) is 0 Å². The molecular weight excluding hydrogens is 633 g/mol. The number of nitrogens with two attached hydrogens (primary N) is 2. The van der Waals surface area contributed by atoms with Crippen LogP contribution in [0.4, 0.5) is 11.4 Å². The van der Waals surface area contributed by atoms with E-state index < -0.39 is 25.7 Å². The smallest absolute Gasteiger partial charge is 0.399 e. The minimum Gasteiger partial charge on any atom is -0.399 e. The molecule has 0 aromatic heterocycles. The lowest BCUT2D eigenvalue weighted by atomic mass is 10.3. The van der Waals surface area contributed by atoms with Crippen molar-refractivity contribution in [2.75, 3.05) is 25.7 Å². The largest absolute Gasteiger partial charge is 0.659 e. The van der Waals surface area contributed by atoms with Gasteiger partial charge in [-0.2, -0.15) is 0 Å². The van der Waals surface area contributed by atoms with Gasteiger partial charge in [-0.15, -0.1) is 0 Å². The molecule has 0 spiro atoms. The van der Waals surface area contributed by atoms with Crippen molar-refractivity contribution in [1.29, 1.82) is 0 Å². The molecule has 9 heteroatoms. The van der Waals surface area contributed by atoms with Gasteiger partial charge in [0, 0.05) is 25.6 Å². The molecule has 0 aliphatic carbocycles. The van der Waals surface area contributed by atoms with Crippen molar-refractivity contribution in [2.24, 2.45) is 0 Å². The number of rotatable bonds is 12. The SMILES string of the molecule is CO[Si](OC)(O[Si](c1ccccc1)(c1ccccc1)c1cccc(N)c1)O[Si](c1ccccc1)(c1ccccc1)c1cccc(N)c1. The first-order chi connectivity index (χ1) is 23.0. The van der Waals surface area contributed by atoms with Gasteiger partial charge in [-0.05, 0) is 55.4 Å². The molecule has 47 heavy (non-hydrogen) atoms. The van der Waals surface area contributed by atoms with Crippen LogP contribution < -0.4 is 42.6 Å². The van der Waals surface area contributed by atoms with Crippen molar-refractivity contribution < 1.29 is 17.1 Å². The predicted molar refractivity (Wildman–Crippen MR) is 199 cm³/mol. The maximum absolute atomic E-state index is 7.65. The zero-order chi connectivity index (χ0) is 32.7. The van der Waals surface area contributed by atoms with E-state index in [9.17, 15) is 0 Å². The normalized spacial score (nSPS) is 12.1. The molecule has 6 rings (SSSR count). The van der Waals surface area contributed by atoms with Gasteiger partial charge in [0.15, 0.2) is 0 Å². The van der Waals surface area contributed by atoms with E-state index in [0.29, 0.717) is 11.4 Å². The van der Waals surface area contributed by atoms with Gasteiger partial charge in [0.25, 0.3) is 16.6 Å². The van der Waals surface area contributed by atoms with E-state index in [-0.39, 0.29) is 0 Å². The van der Waals surface area contributed by atoms with E-state index in [4.69, 9.17) is 28.5 Å². The summed E-state index contributed by atoms with van der Waals surface area (Å²) in [4.78, 5) is 0. The van der Waals surface area contributed by atoms with E-state index in [2.05, 4.69) is 60.7 Å². The van der Waals surface area contributed by atoms with Gasteiger partial charge in [-0.1, -0.05) is 146 Å². The Bertz CT molecular complexity index is 1680. The first-order valence-electron chi connectivity index (χ1n) is 15.4. The van der Waals surface area contributed by atoms with Crippen LogP contribution in [0.5, 0.6) is 0 Å². The first-order valence-corrected chi connectivity index (χ1v) is 20.9. The Balaban J connectivity index is 1.66. The molecule has 0 radical (unpaired) electrons. The van der Waals surface area contributed by atoms with Crippen LogP contribution in [-0.2, 0) is 17.1 Å². The molecule has 0 atom stereocenters. The molecule has 0 bridgehead atoms. The van der Waals surface area contributed by atoms with Crippen molar-refractivity contribution in [3.63, 3.8) is 0 Å². The van der Waals surface area contributed by atoms with E-state index >= 15 is 0 Å². The van der Waals surface area contributed by atoms with Crippen LogP contribution in [0.1, 0.15) is 0 Å². The molecule has 236 valence electrons. The van der Waals surface area contributed by atoms with Gasteiger partial charge in [0.1, 0.15) is 0 Å². The second-order valence-corrected chi connectivity index (χ2v) is 20.8. The van der Waals surface area contributed by atoms with E-state index in [1.54, 1.807) is 14.2 Å². The Hall–Kier alpha value is -4.59. The van der Waals surface area contributed by atoms with Crippen LogP contribution in [0, 0.1) is 0 Å². The number of hydrogen-bond acceptors (Lipinski definition) is 6. The summed E-state index contributed by atoms with van der Waals surface area (Å²) in [5, 5.41) is 5.90. The number of anilines is 2. The van der Waals surface area contributed by atoms with Crippen LogP contribution in [-0.4, -0.2) is 39.9 Å². The highest BCUT2D eigenvalue weighted by atomic mass is 28.5. The summed E-state index contributed by atoms with van der Waals surface area (Å²) in [7, 11) is -7.77. The Morgan fingerprint density at radius 2 is 0.638 bits per heavy atom. The third kappa shape index (κ3) is 6.25. The van der Waals surface area contributed by atoms with Crippen LogP contribution >= 0.6 is 0 Å². The highest BCUT2D eigenvalue weighted by Gasteiger charge is 2.60. The molecule has 0 saturated carbocycles. The molecule has 0 aliphatic heterocycles. The highest BCUT2D eigenvalue weighted by molar-refractivity contribution is 7.12. The molecule has 0 saturated heterocycles. The third-order valence-corrected chi connectivity index (χ3v) is 20.6. The maximum Gasteiger partial charge on any atom is 0.659 e. The summed E-state index contributed by atoms with van der Waals surface area (Å²) in [5.74, 6) is 0. The fourth-order valence-electron chi connectivity index (χ4n) is 6.21. The molecule has 6 aromatic rings. The van der Waals surface area contributed by atoms with Gasteiger partial charge in [-0.3, -0.25) is 0 Å². The van der Waals surface area contributed by atoms with Crippen molar-refractivity contribution in [3.05, 3.63) is 170 Å². The van der Waals surface area contributed by atoms with E-state index in [1.807, 2.05) is 109 Å². The first kappa shape index (κ1) is 32.4. The molecule has 0 aliphatic rings. The average Bonchev–Trinajstić information content (AvgIpc) is 3.14. The highest BCUT2D eigenvalue weighted by Crippen LogP contribution is 2.25.